The SMILES string of the molecule is CCOC(=O)N1CCC(n2c(SCC(=O)NCCCOC)nc3ccccc3c2=O)CC1. The number of nitrogens with zero attached hydrogens (tertiary/aromatic N) is 3. The Balaban J connectivity index is 1.77. The predicted molar refractivity (Wildman–Crippen MR) is 123 cm³/mol. The van der Waals surface area contributed by atoms with Crippen molar-refractivity contribution < 1.29 is 19.1 Å². The van der Waals surface area contributed by atoms with Gasteiger partial charge < -0.3 is 19.7 Å². The lowest BCUT2D eigenvalue weighted by Crippen LogP contribution is -2.41. The monoisotopic (exact) mass is 462 g/mol. The van der Waals surface area contributed by atoms with Gasteiger partial charge in [0, 0.05) is 39.4 Å². The smallest absolute Gasteiger partial charge is 0.409 e. The molecule has 1 saturated heterocycles. The van der Waals surface area contributed by atoms with Crippen LogP contribution in [0.15, 0.2) is 34.2 Å². The molecule has 9 nitrogen and oxygen atoms in total. The van der Waals surface area contributed by atoms with Gasteiger partial charge in [0.25, 0.3) is 5.56 Å². The number of carbonyl (C=O) groups excluding carboxylic acids is 2. The number of amides is 2. The molecule has 10 heteroatoms. The number of hydrogen-bond donors (Lipinski definition) is 1. The van der Waals surface area contributed by atoms with E-state index in [1.165, 1.54) is 11.8 Å². The first-order chi connectivity index (χ1) is 15.5. The molecule has 1 N–H and O–H groups in total. The van der Waals surface area contributed by atoms with Crippen LogP contribution in [0.3, 0.4) is 0 Å². The van der Waals surface area contributed by atoms with Gasteiger partial charge in [0.15, 0.2) is 5.16 Å². The number of benzene rings is 1. The Morgan fingerprint density at radius 2 is 2.00 bits per heavy atom. The number of rotatable bonds is 9. The normalized spacial score (nSPS) is 14.5. The minimum absolute atomic E-state index is 0.0995. The molecule has 1 aromatic heterocycles. The third-order valence-electron chi connectivity index (χ3n) is 5.31. The molecule has 0 radical (unpaired) electrons. The van der Waals surface area contributed by atoms with Crippen molar-refractivity contribution in [3.8, 4) is 0 Å². The summed E-state index contributed by atoms with van der Waals surface area (Å²) in [5.74, 6) is 0.0524. The van der Waals surface area contributed by atoms with E-state index in [0.29, 0.717) is 61.7 Å². The summed E-state index contributed by atoms with van der Waals surface area (Å²) in [6, 6.07) is 7.14. The number of methoxy groups -OCH3 is 1. The highest BCUT2D eigenvalue weighted by Gasteiger charge is 2.27. The first kappa shape index (κ1) is 24.1. The largest absolute Gasteiger partial charge is 0.450 e. The van der Waals surface area contributed by atoms with Crippen molar-refractivity contribution in [2.75, 3.05) is 45.7 Å². The van der Waals surface area contributed by atoms with Crippen molar-refractivity contribution in [2.24, 2.45) is 0 Å². The number of likely N-dealkylation sites (tertiary alicyclic amines) is 1. The number of hydrogen-bond acceptors (Lipinski definition) is 7. The summed E-state index contributed by atoms with van der Waals surface area (Å²) in [6.45, 7) is 4.25. The van der Waals surface area contributed by atoms with Crippen LogP contribution in [0.25, 0.3) is 10.9 Å². The molecule has 0 saturated carbocycles. The van der Waals surface area contributed by atoms with Gasteiger partial charge in [0.05, 0.1) is 23.3 Å². The maximum absolute atomic E-state index is 13.3. The van der Waals surface area contributed by atoms with Crippen molar-refractivity contribution in [3.63, 3.8) is 0 Å². The van der Waals surface area contributed by atoms with E-state index in [1.807, 2.05) is 12.1 Å². The van der Waals surface area contributed by atoms with Crippen molar-refractivity contribution in [1.82, 2.24) is 19.8 Å². The zero-order valence-electron chi connectivity index (χ0n) is 18.5. The van der Waals surface area contributed by atoms with E-state index in [-0.39, 0.29) is 29.4 Å². The second-order valence-electron chi connectivity index (χ2n) is 7.49. The number of nitrogens with one attached hydrogen (secondary N) is 1. The number of ether oxygens (including phenoxy) is 2. The number of fused-ring (bicyclic) bond motifs is 1. The van der Waals surface area contributed by atoms with Crippen LogP contribution in [0.4, 0.5) is 4.79 Å². The Morgan fingerprint density at radius 3 is 2.72 bits per heavy atom. The summed E-state index contributed by atoms with van der Waals surface area (Å²) in [7, 11) is 1.62. The van der Waals surface area contributed by atoms with Gasteiger partial charge in [0.1, 0.15) is 0 Å². The van der Waals surface area contributed by atoms with Crippen LogP contribution in [-0.4, -0.2) is 72.2 Å². The number of thioether (sulfide) groups is 1. The molecule has 3 rings (SSSR count). The molecule has 0 aliphatic carbocycles. The molecule has 174 valence electrons. The van der Waals surface area contributed by atoms with Gasteiger partial charge in [-0.25, -0.2) is 9.78 Å². The molecule has 1 aliphatic rings. The Kier molecular flexibility index (Phi) is 8.92. The minimum atomic E-state index is -0.324. The van der Waals surface area contributed by atoms with Gasteiger partial charge in [-0.15, -0.1) is 0 Å². The van der Waals surface area contributed by atoms with Crippen LogP contribution in [0, 0.1) is 0 Å². The molecule has 2 heterocycles. The van der Waals surface area contributed by atoms with E-state index < -0.39 is 0 Å². The van der Waals surface area contributed by atoms with Crippen LogP contribution in [0.1, 0.15) is 32.2 Å². The third kappa shape index (κ3) is 6.01. The Morgan fingerprint density at radius 1 is 1.25 bits per heavy atom. The third-order valence-corrected chi connectivity index (χ3v) is 6.26. The number of aromatic nitrogens is 2. The van der Waals surface area contributed by atoms with Gasteiger partial charge in [-0.2, -0.15) is 0 Å². The van der Waals surface area contributed by atoms with Gasteiger partial charge in [-0.3, -0.25) is 14.2 Å². The molecular formula is C22H30N4O5S. The predicted octanol–water partition coefficient (Wildman–Crippen LogP) is 2.43. The average molecular weight is 463 g/mol. The van der Waals surface area contributed by atoms with E-state index in [2.05, 4.69) is 5.32 Å². The molecule has 0 bridgehead atoms. The number of piperidine rings is 1. The topological polar surface area (TPSA) is 103 Å². The molecule has 0 unspecified atom stereocenters. The van der Waals surface area contributed by atoms with E-state index in [4.69, 9.17) is 14.5 Å². The lowest BCUT2D eigenvalue weighted by atomic mass is 10.0. The molecule has 32 heavy (non-hydrogen) atoms. The molecule has 2 amide bonds. The molecule has 1 aromatic carbocycles. The highest BCUT2D eigenvalue weighted by Crippen LogP contribution is 2.27. The van der Waals surface area contributed by atoms with Crippen LogP contribution in [-0.2, 0) is 14.3 Å². The van der Waals surface area contributed by atoms with Gasteiger partial charge in [0.2, 0.25) is 5.91 Å². The van der Waals surface area contributed by atoms with Crippen molar-refractivity contribution in [3.05, 3.63) is 34.6 Å². The minimum Gasteiger partial charge on any atom is -0.450 e. The molecule has 0 spiro atoms. The van der Waals surface area contributed by atoms with Gasteiger partial charge in [-0.1, -0.05) is 23.9 Å². The summed E-state index contributed by atoms with van der Waals surface area (Å²) in [6.07, 6.45) is 1.66. The molecule has 2 aromatic rings. The quantitative estimate of drug-likeness (QED) is 0.347. The van der Waals surface area contributed by atoms with Gasteiger partial charge >= 0.3 is 6.09 Å². The van der Waals surface area contributed by atoms with Gasteiger partial charge in [-0.05, 0) is 38.3 Å². The summed E-state index contributed by atoms with van der Waals surface area (Å²) in [5.41, 5.74) is 0.494. The Hall–Kier alpha value is -2.59. The maximum Gasteiger partial charge on any atom is 0.409 e. The summed E-state index contributed by atoms with van der Waals surface area (Å²) >= 11 is 1.26. The Bertz CT molecular complexity index is 988. The van der Waals surface area contributed by atoms with E-state index in [0.717, 1.165) is 6.42 Å². The lowest BCUT2D eigenvalue weighted by molar-refractivity contribution is -0.118. The summed E-state index contributed by atoms with van der Waals surface area (Å²) < 4.78 is 11.8. The fourth-order valence-corrected chi connectivity index (χ4v) is 4.59. The van der Waals surface area contributed by atoms with Crippen molar-refractivity contribution in [1.29, 1.82) is 0 Å². The number of carbonyl (C=O) groups is 2. The van der Waals surface area contributed by atoms with E-state index in [1.54, 1.807) is 35.6 Å². The van der Waals surface area contributed by atoms with Crippen LogP contribution >= 0.6 is 11.8 Å². The first-order valence-corrected chi connectivity index (χ1v) is 11.8. The number of para-hydroxylation sites is 1. The average Bonchev–Trinajstić information content (AvgIpc) is 2.81. The second kappa shape index (κ2) is 11.9. The van der Waals surface area contributed by atoms with E-state index in [9.17, 15) is 14.4 Å². The fourth-order valence-electron chi connectivity index (χ4n) is 3.70. The standard InChI is InChI=1S/C22H30N4O5S/c1-3-31-22(29)25-12-9-16(10-13-25)26-20(28)17-7-4-5-8-18(17)24-21(26)32-15-19(27)23-11-6-14-30-2/h4-5,7-8,16H,3,6,9-15H2,1-2H3,(H,23,27). The summed E-state index contributed by atoms with van der Waals surface area (Å²) in [4.78, 5) is 44.0. The van der Waals surface area contributed by atoms with Crippen LogP contribution in [0.5, 0.6) is 0 Å². The molecule has 0 atom stereocenters. The van der Waals surface area contributed by atoms with Crippen molar-refractivity contribution in [2.45, 2.75) is 37.4 Å². The fraction of sp³-hybridized carbons (Fsp3) is 0.545. The maximum atomic E-state index is 13.3. The zero-order valence-corrected chi connectivity index (χ0v) is 19.4. The lowest BCUT2D eigenvalue weighted by Gasteiger charge is -2.33. The van der Waals surface area contributed by atoms with E-state index >= 15 is 0 Å². The Labute approximate surface area is 191 Å². The highest BCUT2D eigenvalue weighted by atomic mass is 32.2. The van der Waals surface area contributed by atoms with Crippen LogP contribution < -0.4 is 10.9 Å². The summed E-state index contributed by atoms with van der Waals surface area (Å²) in [5, 5.41) is 3.93. The molecule has 1 fully saturated rings. The first-order valence-electron chi connectivity index (χ1n) is 10.9. The van der Waals surface area contributed by atoms with Crippen LogP contribution in [0.2, 0.25) is 0 Å². The zero-order chi connectivity index (χ0) is 22.9. The van der Waals surface area contributed by atoms with Crippen molar-refractivity contribution >= 4 is 34.7 Å². The second-order valence-corrected chi connectivity index (χ2v) is 8.43. The highest BCUT2D eigenvalue weighted by molar-refractivity contribution is 7.99. The molecular weight excluding hydrogens is 432 g/mol. The molecule has 1 aliphatic heterocycles.